The van der Waals surface area contributed by atoms with Crippen LogP contribution in [0, 0.1) is 11.6 Å². The lowest BCUT2D eigenvalue weighted by Crippen LogP contribution is -1.91. The van der Waals surface area contributed by atoms with Gasteiger partial charge in [0.05, 0.1) is 8.46 Å². The first-order valence-electron chi connectivity index (χ1n) is 3.46. The van der Waals surface area contributed by atoms with Crippen LogP contribution in [0.15, 0.2) is 12.1 Å². The standard InChI is InChI=1S/C7H6F2O2/c1-11-7-5(10)3-2-4(8)6(7)9/h2-3,10H,1H3/i1D. The summed E-state index contributed by atoms with van der Waals surface area (Å²) in [6.07, 6.45) is 0. The molecule has 0 spiro atoms. The molecule has 0 saturated heterocycles. The molecule has 0 radical (unpaired) electrons. The molecule has 0 heterocycles. The molecule has 1 aromatic rings. The molecule has 1 aromatic carbocycles. The number of halogens is 2. The number of phenols is 1. The van der Waals surface area contributed by atoms with Gasteiger partial charge in [-0.25, -0.2) is 4.39 Å². The molecule has 0 aromatic heterocycles. The number of aromatic hydroxyl groups is 1. The van der Waals surface area contributed by atoms with Gasteiger partial charge in [-0.1, -0.05) is 0 Å². The Morgan fingerprint density at radius 1 is 1.55 bits per heavy atom. The number of phenolic OH excluding ortho intramolecular Hbond substituents is 1. The van der Waals surface area contributed by atoms with Crippen LogP contribution >= 0.6 is 0 Å². The van der Waals surface area contributed by atoms with Crippen LogP contribution in [-0.2, 0) is 0 Å². The van der Waals surface area contributed by atoms with E-state index in [2.05, 4.69) is 4.74 Å². The van der Waals surface area contributed by atoms with Crippen molar-refractivity contribution >= 4 is 0 Å². The fourth-order valence-corrected chi connectivity index (χ4v) is 0.659. The Kier molecular flexibility index (Phi) is 1.59. The van der Waals surface area contributed by atoms with Gasteiger partial charge < -0.3 is 9.84 Å². The van der Waals surface area contributed by atoms with Gasteiger partial charge in [0.25, 0.3) is 0 Å². The first kappa shape index (κ1) is 6.39. The first-order valence-corrected chi connectivity index (χ1v) is 2.76. The third-order valence-corrected chi connectivity index (χ3v) is 1.17. The minimum absolute atomic E-state index is 0.513. The summed E-state index contributed by atoms with van der Waals surface area (Å²) in [4.78, 5) is 0. The second-order valence-corrected chi connectivity index (χ2v) is 1.85. The fraction of sp³-hybridized carbons (Fsp3) is 0.143. The summed E-state index contributed by atoms with van der Waals surface area (Å²) >= 11 is 0. The summed E-state index contributed by atoms with van der Waals surface area (Å²) in [6.45, 7) is 0. The van der Waals surface area contributed by atoms with Crippen LogP contribution in [0.5, 0.6) is 11.5 Å². The smallest absolute Gasteiger partial charge is 0.204 e. The maximum absolute atomic E-state index is 12.7. The number of hydrogen-bond acceptors (Lipinski definition) is 2. The second kappa shape index (κ2) is 2.74. The summed E-state index contributed by atoms with van der Waals surface area (Å²) < 4.78 is 36.1. The number of rotatable bonds is 1. The number of hydrogen-bond donors (Lipinski definition) is 1. The Bertz CT molecular complexity index is 291. The molecule has 0 aliphatic carbocycles. The molecule has 0 saturated carbocycles. The van der Waals surface area contributed by atoms with Crippen LogP contribution in [0.25, 0.3) is 0 Å². The molecular formula is C7H6F2O2. The average Bonchev–Trinajstić information content (AvgIpc) is 2.06. The summed E-state index contributed by atoms with van der Waals surface area (Å²) in [5.74, 6) is -3.52. The maximum Gasteiger partial charge on any atom is 0.204 e. The van der Waals surface area contributed by atoms with E-state index in [9.17, 15) is 8.78 Å². The van der Waals surface area contributed by atoms with E-state index in [1.807, 2.05) is 0 Å². The highest BCUT2D eigenvalue weighted by molar-refractivity contribution is 5.40. The Morgan fingerprint density at radius 2 is 2.27 bits per heavy atom. The van der Waals surface area contributed by atoms with Crippen LogP contribution in [0.4, 0.5) is 8.78 Å². The van der Waals surface area contributed by atoms with E-state index in [0.29, 0.717) is 0 Å². The molecule has 0 bridgehead atoms. The molecule has 1 N–H and O–H groups in total. The third kappa shape index (κ3) is 1.24. The van der Waals surface area contributed by atoms with E-state index in [1.165, 1.54) is 0 Å². The first-order chi connectivity index (χ1) is 5.66. The quantitative estimate of drug-likeness (QED) is 0.678. The Morgan fingerprint density at radius 3 is 2.91 bits per heavy atom. The van der Waals surface area contributed by atoms with Gasteiger partial charge in [-0.3, -0.25) is 0 Å². The van der Waals surface area contributed by atoms with Crippen molar-refractivity contribution in [1.29, 1.82) is 0 Å². The molecule has 0 aliphatic heterocycles. The van der Waals surface area contributed by atoms with E-state index in [4.69, 9.17) is 6.48 Å². The monoisotopic (exact) mass is 161 g/mol. The minimum atomic E-state index is -1.28. The summed E-state index contributed by atoms with van der Waals surface area (Å²) in [6, 6.07) is 1.74. The zero-order chi connectivity index (χ0) is 9.14. The number of methoxy groups -OCH3 is 1. The van der Waals surface area contributed by atoms with Crippen LogP contribution in [-0.4, -0.2) is 12.2 Å². The van der Waals surface area contributed by atoms with Gasteiger partial charge in [-0.15, -0.1) is 0 Å². The number of benzene rings is 1. The highest BCUT2D eigenvalue weighted by atomic mass is 19.2. The lowest BCUT2D eigenvalue weighted by atomic mass is 10.3. The van der Waals surface area contributed by atoms with Gasteiger partial charge >= 0.3 is 0 Å². The minimum Gasteiger partial charge on any atom is -0.504 e. The lowest BCUT2D eigenvalue weighted by Gasteiger charge is -2.03. The van der Waals surface area contributed by atoms with Crippen LogP contribution in [0.3, 0.4) is 0 Å². The van der Waals surface area contributed by atoms with Crippen molar-refractivity contribution in [3.05, 3.63) is 23.8 Å². The largest absolute Gasteiger partial charge is 0.504 e. The van der Waals surface area contributed by atoms with E-state index < -0.39 is 30.2 Å². The third-order valence-electron chi connectivity index (χ3n) is 1.17. The maximum atomic E-state index is 12.7. The molecule has 11 heavy (non-hydrogen) atoms. The zero-order valence-electron chi connectivity index (χ0n) is 6.47. The Balaban J connectivity index is 3.14. The lowest BCUT2D eigenvalue weighted by molar-refractivity contribution is 0.340. The molecule has 4 heteroatoms. The van der Waals surface area contributed by atoms with E-state index in [-0.39, 0.29) is 0 Å². The van der Waals surface area contributed by atoms with Crippen molar-refractivity contribution in [1.82, 2.24) is 0 Å². The van der Waals surface area contributed by atoms with E-state index in [1.54, 1.807) is 0 Å². The van der Waals surface area contributed by atoms with Crippen molar-refractivity contribution in [2.75, 3.05) is 7.09 Å². The van der Waals surface area contributed by atoms with Crippen molar-refractivity contribution in [2.45, 2.75) is 0 Å². The molecular weight excluding hydrogens is 154 g/mol. The molecule has 60 valence electrons. The molecule has 0 amide bonds. The van der Waals surface area contributed by atoms with Gasteiger partial charge in [-0.05, 0) is 12.1 Å². The van der Waals surface area contributed by atoms with Gasteiger partial charge in [0.2, 0.25) is 5.82 Å². The number of ether oxygens (including phenoxy) is 1. The highest BCUT2D eigenvalue weighted by Crippen LogP contribution is 2.29. The van der Waals surface area contributed by atoms with Gasteiger partial charge in [-0.2, -0.15) is 4.39 Å². The SMILES string of the molecule is [2H]COc1c(O)ccc(F)c1F. The zero-order valence-corrected chi connectivity index (χ0v) is 5.47. The highest BCUT2D eigenvalue weighted by Gasteiger charge is 2.12. The Hall–Kier alpha value is -1.32. The normalized spacial score (nSPS) is 10.9. The summed E-state index contributed by atoms with van der Waals surface area (Å²) in [5.41, 5.74) is 0. The van der Waals surface area contributed by atoms with Gasteiger partial charge in [0.15, 0.2) is 17.3 Å². The predicted octanol–water partition coefficient (Wildman–Crippen LogP) is 1.68. The van der Waals surface area contributed by atoms with Crippen LogP contribution < -0.4 is 4.74 Å². The van der Waals surface area contributed by atoms with E-state index >= 15 is 0 Å². The molecule has 0 aliphatic rings. The molecule has 0 fully saturated rings. The predicted molar refractivity (Wildman–Crippen MR) is 34.6 cm³/mol. The van der Waals surface area contributed by atoms with Crippen molar-refractivity contribution in [3.8, 4) is 11.5 Å². The summed E-state index contributed by atoms with van der Waals surface area (Å²) in [5, 5.41) is 8.93. The van der Waals surface area contributed by atoms with Crippen LogP contribution in [0.2, 0.25) is 0 Å². The second-order valence-electron chi connectivity index (χ2n) is 1.85. The summed E-state index contributed by atoms with van der Waals surface area (Å²) in [7, 11) is -0.575. The van der Waals surface area contributed by atoms with Crippen molar-refractivity contribution in [3.63, 3.8) is 0 Å². The van der Waals surface area contributed by atoms with Crippen molar-refractivity contribution < 1.29 is 20.0 Å². The average molecular weight is 161 g/mol. The van der Waals surface area contributed by atoms with Gasteiger partial charge in [0.1, 0.15) is 0 Å². The molecule has 0 atom stereocenters. The molecule has 1 rings (SSSR count). The topological polar surface area (TPSA) is 29.5 Å². The Labute approximate surface area is 63.4 Å². The van der Waals surface area contributed by atoms with Crippen molar-refractivity contribution in [2.24, 2.45) is 0 Å². The van der Waals surface area contributed by atoms with E-state index in [0.717, 1.165) is 12.1 Å². The molecule has 2 nitrogen and oxygen atoms in total. The van der Waals surface area contributed by atoms with Crippen LogP contribution in [0.1, 0.15) is 1.37 Å². The molecule has 0 unspecified atom stereocenters. The van der Waals surface area contributed by atoms with Gasteiger partial charge in [0, 0.05) is 0 Å². The fourth-order valence-electron chi connectivity index (χ4n) is 0.659.